The number of hydrogen-bond acceptors (Lipinski definition) is 3. The molecule has 0 aromatic rings. The van der Waals surface area contributed by atoms with Crippen LogP contribution in [0.4, 0.5) is 0 Å². The molecule has 0 unspecified atom stereocenters. The Morgan fingerprint density at radius 2 is 2.00 bits per heavy atom. The lowest BCUT2D eigenvalue weighted by atomic mass is 10.1. The second-order valence-electron chi connectivity index (χ2n) is 2.78. The third-order valence-electron chi connectivity index (χ3n) is 0.535. The highest BCUT2D eigenvalue weighted by atomic mass is 16.1. The van der Waals surface area contributed by atoms with E-state index in [2.05, 4.69) is 10.5 Å². The minimum Gasteiger partial charge on any atom is -0.305 e. The summed E-state index contributed by atoms with van der Waals surface area (Å²) in [4.78, 5) is 9.70. The molecule has 0 bridgehead atoms. The molecule has 0 fully saturated rings. The van der Waals surface area contributed by atoms with Gasteiger partial charge in [-0.3, -0.25) is 4.79 Å². The van der Waals surface area contributed by atoms with E-state index in [0.717, 1.165) is 0 Å². The fraction of sp³-hybridized carbons (Fsp3) is 0.667. The molecule has 3 nitrogen and oxygen atoms in total. The van der Waals surface area contributed by atoms with Crippen molar-refractivity contribution in [1.29, 1.82) is 0 Å². The van der Waals surface area contributed by atoms with Gasteiger partial charge in [0.25, 0.3) is 0 Å². The number of nitrogens with zero attached hydrogens (tertiary/aromatic N) is 1. The molecular formula is C6H12N2O. The molecule has 1 N–H and O–H groups in total. The molecule has 52 valence electrons. The van der Waals surface area contributed by atoms with Gasteiger partial charge in [-0.05, 0) is 20.8 Å². The van der Waals surface area contributed by atoms with Gasteiger partial charge in [0.1, 0.15) is 0 Å². The molecule has 0 aliphatic carbocycles. The van der Waals surface area contributed by atoms with Crippen LogP contribution in [0.1, 0.15) is 20.8 Å². The first-order valence-corrected chi connectivity index (χ1v) is 2.80. The second-order valence-corrected chi connectivity index (χ2v) is 2.78. The van der Waals surface area contributed by atoms with Crippen LogP contribution in [-0.4, -0.2) is 18.0 Å². The van der Waals surface area contributed by atoms with E-state index in [0.29, 0.717) is 6.29 Å². The normalized spacial score (nSPS) is 11.9. The quantitative estimate of drug-likeness (QED) is 0.335. The van der Waals surface area contributed by atoms with Gasteiger partial charge in [-0.15, -0.1) is 0 Å². The van der Waals surface area contributed by atoms with Gasteiger partial charge in [0, 0.05) is 5.54 Å². The average Bonchev–Trinajstić information content (AvgIpc) is 1.63. The number of aldehydes is 1. The van der Waals surface area contributed by atoms with Crippen molar-refractivity contribution in [2.45, 2.75) is 26.3 Å². The minimum atomic E-state index is -0.0560. The van der Waals surface area contributed by atoms with Crippen molar-refractivity contribution in [3.63, 3.8) is 0 Å². The number of hydrazone groups is 1. The maximum atomic E-state index is 9.70. The Morgan fingerprint density at radius 1 is 1.44 bits per heavy atom. The number of hydrogen-bond donors (Lipinski definition) is 1. The van der Waals surface area contributed by atoms with Gasteiger partial charge in [-0.1, -0.05) is 0 Å². The fourth-order valence-electron chi connectivity index (χ4n) is 0.261. The number of carbonyl (C=O) groups is 1. The van der Waals surface area contributed by atoms with Crippen LogP contribution in [0.2, 0.25) is 0 Å². The zero-order chi connectivity index (χ0) is 7.33. The summed E-state index contributed by atoms with van der Waals surface area (Å²) in [6.45, 7) is 5.90. The van der Waals surface area contributed by atoms with E-state index in [4.69, 9.17) is 0 Å². The molecule has 0 aliphatic rings. The highest BCUT2D eigenvalue weighted by molar-refractivity contribution is 6.12. The molecule has 0 radical (unpaired) electrons. The van der Waals surface area contributed by atoms with E-state index in [1.54, 1.807) is 0 Å². The van der Waals surface area contributed by atoms with Crippen LogP contribution >= 0.6 is 0 Å². The van der Waals surface area contributed by atoms with Gasteiger partial charge in [-0.2, -0.15) is 5.10 Å². The van der Waals surface area contributed by atoms with Gasteiger partial charge in [0.2, 0.25) is 0 Å². The Hall–Kier alpha value is -0.860. The first-order chi connectivity index (χ1) is 4.06. The van der Waals surface area contributed by atoms with Crippen LogP contribution in [-0.2, 0) is 4.79 Å². The van der Waals surface area contributed by atoms with Crippen molar-refractivity contribution < 1.29 is 4.79 Å². The zero-order valence-electron chi connectivity index (χ0n) is 6.01. The Labute approximate surface area is 55.1 Å². The largest absolute Gasteiger partial charge is 0.305 e. The standard InChI is InChI=1S/C6H12N2O/c1-6(2,3)8-7-4-5-9/h4-5,8H,1-3H3/b7-4-. The first kappa shape index (κ1) is 8.14. The molecule has 0 heterocycles. The molecule has 0 atom stereocenters. The molecule has 0 aliphatic heterocycles. The molecule has 0 rings (SSSR count). The van der Waals surface area contributed by atoms with Crippen molar-refractivity contribution in [3.05, 3.63) is 0 Å². The maximum absolute atomic E-state index is 9.70. The van der Waals surface area contributed by atoms with Crippen molar-refractivity contribution in [1.82, 2.24) is 5.43 Å². The Balaban J connectivity index is 3.50. The summed E-state index contributed by atoms with van der Waals surface area (Å²) in [5.41, 5.74) is 2.70. The predicted octanol–water partition coefficient (Wildman–Crippen LogP) is 0.559. The van der Waals surface area contributed by atoms with E-state index in [-0.39, 0.29) is 5.54 Å². The van der Waals surface area contributed by atoms with Crippen LogP contribution in [0.15, 0.2) is 5.10 Å². The Morgan fingerprint density at radius 3 is 2.33 bits per heavy atom. The lowest BCUT2D eigenvalue weighted by molar-refractivity contribution is -0.102. The summed E-state index contributed by atoms with van der Waals surface area (Å²) in [5, 5.41) is 3.62. The summed E-state index contributed by atoms with van der Waals surface area (Å²) in [7, 11) is 0. The van der Waals surface area contributed by atoms with Gasteiger partial charge < -0.3 is 5.43 Å². The number of carbonyl (C=O) groups excluding carboxylic acids is 1. The molecular weight excluding hydrogens is 116 g/mol. The van der Waals surface area contributed by atoms with Crippen LogP contribution in [0, 0.1) is 0 Å². The van der Waals surface area contributed by atoms with Crippen LogP contribution in [0.5, 0.6) is 0 Å². The van der Waals surface area contributed by atoms with Crippen molar-refractivity contribution in [3.8, 4) is 0 Å². The summed E-state index contributed by atoms with van der Waals surface area (Å²) < 4.78 is 0. The van der Waals surface area contributed by atoms with Gasteiger partial charge in [0.05, 0.1) is 6.21 Å². The lowest BCUT2D eigenvalue weighted by Crippen LogP contribution is -2.31. The summed E-state index contributed by atoms with van der Waals surface area (Å²) in [6.07, 6.45) is 1.82. The van der Waals surface area contributed by atoms with Crippen LogP contribution in [0.25, 0.3) is 0 Å². The smallest absolute Gasteiger partial charge is 0.162 e. The number of rotatable bonds is 2. The third-order valence-corrected chi connectivity index (χ3v) is 0.535. The van der Waals surface area contributed by atoms with Crippen molar-refractivity contribution in [2.24, 2.45) is 5.10 Å². The number of nitrogens with one attached hydrogen (secondary N) is 1. The van der Waals surface area contributed by atoms with E-state index in [1.807, 2.05) is 20.8 Å². The Kier molecular flexibility index (Phi) is 2.91. The lowest BCUT2D eigenvalue weighted by Gasteiger charge is -2.16. The van der Waals surface area contributed by atoms with Crippen molar-refractivity contribution >= 4 is 12.5 Å². The monoisotopic (exact) mass is 128 g/mol. The summed E-state index contributed by atoms with van der Waals surface area (Å²) >= 11 is 0. The van der Waals surface area contributed by atoms with Crippen molar-refractivity contribution in [2.75, 3.05) is 0 Å². The second kappa shape index (κ2) is 3.22. The van der Waals surface area contributed by atoms with E-state index < -0.39 is 0 Å². The molecule has 0 aromatic heterocycles. The minimum absolute atomic E-state index is 0.0560. The topological polar surface area (TPSA) is 41.5 Å². The van der Waals surface area contributed by atoms with E-state index >= 15 is 0 Å². The van der Waals surface area contributed by atoms with E-state index in [9.17, 15) is 4.79 Å². The molecule has 3 heteroatoms. The molecule has 0 saturated heterocycles. The molecule has 0 aromatic carbocycles. The molecule has 9 heavy (non-hydrogen) atoms. The van der Waals surface area contributed by atoms with Gasteiger partial charge >= 0.3 is 0 Å². The van der Waals surface area contributed by atoms with Gasteiger partial charge in [-0.25, -0.2) is 0 Å². The summed E-state index contributed by atoms with van der Waals surface area (Å²) in [6, 6.07) is 0. The predicted molar refractivity (Wildman–Crippen MR) is 37.4 cm³/mol. The Bertz CT molecular complexity index is 113. The third kappa shape index (κ3) is 7.14. The van der Waals surface area contributed by atoms with Crippen LogP contribution < -0.4 is 5.43 Å². The fourth-order valence-corrected chi connectivity index (χ4v) is 0.261. The van der Waals surface area contributed by atoms with Gasteiger partial charge in [0.15, 0.2) is 6.29 Å². The SMILES string of the molecule is CC(C)(C)N/N=C\C=O. The molecule has 0 saturated carbocycles. The average molecular weight is 128 g/mol. The first-order valence-electron chi connectivity index (χ1n) is 2.80. The molecule has 0 spiro atoms. The highest BCUT2D eigenvalue weighted by Gasteiger charge is 2.04. The maximum Gasteiger partial charge on any atom is 0.162 e. The zero-order valence-corrected chi connectivity index (χ0v) is 6.01. The summed E-state index contributed by atoms with van der Waals surface area (Å²) in [5.74, 6) is 0. The van der Waals surface area contributed by atoms with E-state index in [1.165, 1.54) is 6.21 Å². The highest BCUT2D eigenvalue weighted by Crippen LogP contribution is 1.96. The molecule has 0 amide bonds. The van der Waals surface area contributed by atoms with Crippen LogP contribution in [0.3, 0.4) is 0 Å².